The number of thiazole rings is 1. The highest BCUT2D eigenvalue weighted by atomic mass is 32.1. The minimum absolute atomic E-state index is 0.354. The van der Waals surface area contributed by atoms with Gasteiger partial charge in [0.05, 0.1) is 23.4 Å². The Kier molecular flexibility index (Phi) is 4.29. The van der Waals surface area contributed by atoms with E-state index in [1.807, 2.05) is 0 Å². The zero-order chi connectivity index (χ0) is 11.4. The average molecular weight is 242 g/mol. The molecule has 0 spiro atoms. The highest BCUT2D eigenvalue weighted by Gasteiger charge is 2.19. The van der Waals surface area contributed by atoms with Crippen molar-refractivity contribution in [1.29, 1.82) is 0 Å². The van der Waals surface area contributed by atoms with Crippen LogP contribution in [-0.2, 0) is 29.0 Å². The van der Waals surface area contributed by atoms with Crippen LogP contribution < -0.4 is 5.73 Å². The Labute approximate surface area is 99.8 Å². The van der Waals surface area contributed by atoms with Gasteiger partial charge in [-0.15, -0.1) is 11.3 Å². The van der Waals surface area contributed by atoms with Crippen molar-refractivity contribution in [2.45, 2.75) is 38.5 Å². The molecule has 0 saturated carbocycles. The van der Waals surface area contributed by atoms with Crippen LogP contribution in [0.1, 0.15) is 28.4 Å². The van der Waals surface area contributed by atoms with E-state index in [9.17, 15) is 0 Å². The molecule has 2 rings (SSSR count). The lowest BCUT2D eigenvalue weighted by Gasteiger charge is -2.05. The molecule has 2 heterocycles. The first-order chi connectivity index (χ1) is 7.83. The summed E-state index contributed by atoms with van der Waals surface area (Å²) in [6.07, 6.45) is 3.59. The molecule has 16 heavy (non-hydrogen) atoms. The van der Waals surface area contributed by atoms with E-state index in [4.69, 9.17) is 15.2 Å². The molecule has 1 saturated heterocycles. The van der Waals surface area contributed by atoms with E-state index < -0.39 is 0 Å². The molecule has 1 fully saturated rings. The SMILES string of the molecule is COCc1nc(CC2CCCO2)sc1CN. The number of hydrogen-bond acceptors (Lipinski definition) is 5. The molecule has 4 nitrogen and oxygen atoms in total. The fourth-order valence-corrected chi connectivity index (χ4v) is 2.95. The first-order valence-corrected chi connectivity index (χ1v) is 6.43. The Morgan fingerprint density at radius 1 is 1.62 bits per heavy atom. The molecule has 1 atom stereocenters. The van der Waals surface area contributed by atoms with Crippen LogP contribution >= 0.6 is 11.3 Å². The van der Waals surface area contributed by atoms with E-state index in [2.05, 4.69) is 4.98 Å². The fraction of sp³-hybridized carbons (Fsp3) is 0.727. The maximum atomic E-state index is 5.69. The van der Waals surface area contributed by atoms with Crippen molar-refractivity contribution in [3.05, 3.63) is 15.6 Å². The van der Waals surface area contributed by atoms with Crippen LogP contribution in [-0.4, -0.2) is 24.8 Å². The predicted molar refractivity (Wildman–Crippen MR) is 63.4 cm³/mol. The number of rotatable bonds is 5. The molecule has 0 amide bonds. The van der Waals surface area contributed by atoms with Crippen molar-refractivity contribution >= 4 is 11.3 Å². The third-order valence-corrected chi connectivity index (χ3v) is 3.86. The molecular formula is C11H18N2O2S. The molecule has 0 bridgehead atoms. The number of methoxy groups -OCH3 is 1. The number of aromatic nitrogens is 1. The lowest BCUT2D eigenvalue weighted by atomic mass is 10.2. The lowest BCUT2D eigenvalue weighted by molar-refractivity contribution is 0.111. The molecule has 0 radical (unpaired) electrons. The quantitative estimate of drug-likeness (QED) is 0.849. The summed E-state index contributed by atoms with van der Waals surface area (Å²) in [6.45, 7) is 1.99. The van der Waals surface area contributed by atoms with Gasteiger partial charge in [0.2, 0.25) is 0 Å². The first kappa shape index (κ1) is 12.0. The Morgan fingerprint density at radius 2 is 2.50 bits per heavy atom. The number of nitrogens with zero attached hydrogens (tertiary/aromatic N) is 1. The molecule has 0 aliphatic carbocycles. The largest absolute Gasteiger partial charge is 0.378 e. The third kappa shape index (κ3) is 2.79. The summed E-state index contributed by atoms with van der Waals surface area (Å²) in [5, 5.41) is 1.12. The van der Waals surface area contributed by atoms with E-state index in [-0.39, 0.29) is 0 Å². The molecular weight excluding hydrogens is 224 g/mol. The van der Waals surface area contributed by atoms with Crippen molar-refractivity contribution in [3.63, 3.8) is 0 Å². The second kappa shape index (κ2) is 5.72. The van der Waals surface area contributed by atoms with Crippen LogP contribution in [0, 0.1) is 0 Å². The third-order valence-electron chi connectivity index (χ3n) is 2.72. The second-order valence-corrected chi connectivity index (χ2v) is 5.12. The Balaban J connectivity index is 2.02. The monoisotopic (exact) mass is 242 g/mol. The summed E-state index contributed by atoms with van der Waals surface area (Å²) >= 11 is 1.69. The van der Waals surface area contributed by atoms with E-state index in [1.54, 1.807) is 18.4 Å². The molecule has 2 N–H and O–H groups in total. The Morgan fingerprint density at radius 3 is 3.12 bits per heavy atom. The molecule has 1 aromatic rings. The van der Waals surface area contributed by atoms with Crippen LogP contribution in [0.5, 0.6) is 0 Å². The number of hydrogen-bond donors (Lipinski definition) is 1. The zero-order valence-corrected chi connectivity index (χ0v) is 10.4. The predicted octanol–water partition coefficient (Wildman–Crippen LogP) is 1.47. The van der Waals surface area contributed by atoms with Crippen LogP contribution in [0.15, 0.2) is 0 Å². The normalized spacial score (nSPS) is 20.5. The van der Waals surface area contributed by atoms with Crippen molar-refractivity contribution in [2.24, 2.45) is 5.73 Å². The van der Waals surface area contributed by atoms with Gasteiger partial charge in [-0.3, -0.25) is 0 Å². The van der Waals surface area contributed by atoms with Gasteiger partial charge in [-0.05, 0) is 12.8 Å². The van der Waals surface area contributed by atoms with Gasteiger partial charge < -0.3 is 15.2 Å². The fourth-order valence-electron chi connectivity index (χ4n) is 1.93. The van der Waals surface area contributed by atoms with Crippen molar-refractivity contribution in [2.75, 3.05) is 13.7 Å². The highest BCUT2D eigenvalue weighted by molar-refractivity contribution is 7.11. The molecule has 1 aromatic heterocycles. The van der Waals surface area contributed by atoms with Gasteiger partial charge in [0.25, 0.3) is 0 Å². The summed E-state index contributed by atoms with van der Waals surface area (Å²) < 4.78 is 10.7. The number of ether oxygens (including phenoxy) is 2. The van der Waals surface area contributed by atoms with Gasteiger partial charge in [0.15, 0.2) is 0 Å². The summed E-state index contributed by atoms with van der Waals surface area (Å²) in [6, 6.07) is 0. The second-order valence-electron chi connectivity index (χ2n) is 3.95. The van der Waals surface area contributed by atoms with Crippen molar-refractivity contribution < 1.29 is 9.47 Å². The van der Waals surface area contributed by atoms with E-state index in [0.717, 1.165) is 35.0 Å². The Bertz CT molecular complexity index is 335. The van der Waals surface area contributed by atoms with Crippen LogP contribution in [0.2, 0.25) is 0 Å². The van der Waals surface area contributed by atoms with E-state index in [1.165, 1.54) is 6.42 Å². The highest BCUT2D eigenvalue weighted by Crippen LogP contribution is 2.23. The van der Waals surface area contributed by atoms with Crippen LogP contribution in [0.3, 0.4) is 0 Å². The molecule has 1 aliphatic rings. The van der Waals surface area contributed by atoms with Gasteiger partial charge in [-0.25, -0.2) is 4.98 Å². The van der Waals surface area contributed by atoms with Gasteiger partial charge >= 0.3 is 0 Å². The lowest BCUT2D eigenvalue weighted by Crippen LogP contribution is -2.08. The van der Waals surface area contributed by atoms with Crippen molar-refractivity contribution in [3.8, 4) is 0 Å². The van der Waals surface area contributed by atoms with Crippen LogP contribution in [0.4, 0.5) is 0 Å². The molecule has 5 heteroatoms. The molecule has 1 aliphatic heterocycles. The zero-order valence-electron chi connectivity index (χ0n) is 9.57. The summed E-state index contributed by atoms with van der Waals surface area (Å²) in [5.41, 5.74) is 6.67. The summed E-state index contributed by atoms with van der Waals surface area (Å²) in [5.74, 6) is 0. The van der Waals surface area contributed by atoms with E-state index in [0.29, 0.717) is 19.3 Å². The molecule has 90 valence electrons. The van der Waals surface area contributed by atoms with Crippen LogP contribution in [0.25, 0.3) is 0 Å². The average Bonchev–Trinajstić information content (AvgIpc) is 2.89. The maximum Gasteiger partial charge on any atom is 0.0958 e. The number of nitrogens with two attached hydrogens (primary N) is 1. The van der Waals surface area contributed by atoms with E-state index >= 15 is 0 Å². The minimum atomic E-state index is 0.354. The molecule has 0 aromatic carbocycles. The summed E-state index contributed by atoms with van der Waals surface area (Å²) in [7, 11) is 1.68. The maximum absolute atomic E-state index is 5.69. The first-order valence-electron chi connectivity index (χ1n) is 5.61. The van der Waals surface area contributed by atoms with Gasteiger partial charge in [0, 0.05) is 31.6 Å². The Hall–Kier alpha value is -0.490. The topological polar surface area (TPSA) is 57.4 Å². The summed E-state index contributed by atoms with van der Waals surface area (Å²) in [4.78, 5) is 5.70. The smallest absolute Gasteiger partial charge is 0.0958 e. The van der Waals surface area contributed by atoms with Gasteiger partial charge in [-0.1, -0.05) is 0 Å². The van der Waals surface area contributed by atoms with Crippen molar-refractivity contribution in [1.82, 2.24) is 4.98 Å². The minimum Gasteiger partial charge on any atom is -0.378 e. The van der Waals surface area contributed by atoms with Gasteiger partial charge in [-0.2, -0.15) is 0 Å². The van der Waals surface area contributed by atoms with Gasteiger partial charge in [0.1, 0.15) is 0 Å². The molecule has 1 unspecified atom stereocenters. The standard InChI is InChI=1S/C11H18N2O2S/c1-14-7-9-10(6-12)16-11(13-9)5-8-3-2-4-15-8/h8H,2-7,12H2,1H3.